The van der Waals surface area contributed by atoms with Crippen LogP contribution in [0.3, 0.4) is 0 Å². The summed E-state index contributed by atoms with van der Waals surface area (Å²) in [5.74, 6) is 2.02. The minimum Gasteiger partial charge on any atom is -0.481 e. The molecule has 11 heteroatoms. The normalized spacial score (nSPS) is 14.0. The SMILES string of the molecule is CC#CCOc1ccc(C[C@H](NC(=O)[C@@H](C=CCCCCCCS(=O)(=O)CCCCCCC)[C@@](O)(CCC)C(=O)O)C(=O)OC)cc1. The fraction of sp³-hybridized carbons (Fsp3) is 0.639. The van der Waals surface area contributed by atoms with Crippen molar-refractivity contribution in [2.24, 2.45) is 5.92 Å². The molecule has 0 aromatic heterocycles. The van der Waals surface area contributed by atoms with E-state index in [0.29, 0.717) is 43.4 Å². The lowest BCUT2D eigenvalue weighted by atomic mass is 9.82. The molecular weight excluding hydrogens is 622 g/mol. The molecule has 0 aliphatic heterocycles. The quantitative estimate of drug-likeness (QED) is 0.0533. The molecule has 1 aromatic carbocycles. The Kier molecular flexibility index (Phi) is 20.4. The predicted molar refractivity (Wildman–Crippen MR) is 184 cm³/mol. The van der Waals surface area contributed by atoms with Gasteiger partial charge < -0.3 is 25.0 Å². The minimum absolute atomic E-state index is 0.0672. The number of allylic oxidation sites excluding steroid dienone is 1. The minimum atomic E-state index is -3.05. The molecule has 0 aliphatic rings. The van der Waals surface area contributed by atoms with Crippen LogP contribution >= 0.6 is 0 Å². The monoisotopic (exact) mass is 677 g/mol. The van der Waals surface area contributed by atoms with E-state index in [-0.39, 0.29) is 31.0 Å². The van der Waals surface area contributed by atoms with Crippen LogP contribution in [0.4, 0.5) is 0 Å². The number of hydrogen-bond donors (Lipinski definition) is 3. The van der Waals surface area contributed by atoms with Crippen molar-refractivity contribution in [2.75, 3.05) is 25.2 Å². The van der Waals surface area contributed by atoms with Crippen LogP contribution in [-0.4, -0.2) is 73.3 Å². The number of esters is 1. The van der Waals surface area contributed by atoms with E-state index in [4.69, 9.17) is 9.47 Å². The van der Waals surface area contributed by atoms with Gasteiger partial charge in [-0.1, -0.05) is 89.0 Å². The first kappa shape index (κ1) is 41.7. The number of nitrogens with one attached hydrogen (secondary N) is 1. The number of methoxy groups -OCH3 is 1. The van der Waals surface area contributed by atoms with Gasteiger partial charge in [0.1, 0.15) is 28.2 Å². The van der Waals surface area contributed by atoms with Crippen LogP contribution in [0, 0.1) is 17.8 Å². The Hall–Kier alpha value is -3.36. The molecule has 0 bridgehead atoms. The number of hydrogen-bond acceptors (Lipinski definition) is 8. The molecular formula is C36H55NO9S. The summed E-state index contributed by atoms with van der Waals surface area (Å²) in [6.07, 6.45) is 11.5. The van der Waals surface area contributed by atoms with Gasteiger partial charge in [0.25, 0.3) is 0 Å². The largest absolute Gasteiger partial charge is 0.481 e. The number of carbonyl (C=O) groups is 3. The summed E-state index contributed by atoms with van der Waals surface area (Å²) in [6.45, 7) is 5.78. The molecule has 3 atom stereocenters. The molecule has 1 rings (SSSR count). The van der Waals surface area contributed by atoms with Gasteiger partial charge in [-0.3, -0.25) is 4.79 Å². The van der Waals surface area contributed by atoms with Gasteiger partial charge in [0.15, 0.2) is 5.60 Å². The third-order valence-electron chi connectivity index (χ3n) is 7.92. The Morgan fingerprint density at radius 3 is 2.13 bits per heavy atom. The number of sulfone groups is 1. The fourth-order valence-electron chi connectivity index (χ4n) is 5.18. The van der Waals surface area contributed by atoms with E-state index in [1.165, 1.54) is 13.2 Å². The molecule has 1 amide bonds. The summed E-state index contributed by atoms with van der Waals surface area (Å²) in [5, 5.41) is 23.7. The zero-order chi connectivity index (χ0) is 35.1. The second kappa shape index (κ2) is 23.0. The van der Waals surface area contributed by atoms with Gasteiger partial charge in [-0.25, -0.2) is 18.0 Å². The number of rotatable bonds is 25. The number of ether oxygens (including phenoxy) is 2. The predicted octanol–water partition coefficient (Wildman–Crippen LogP) is 5.41. The maximum atomic E-state index is 13.5. The van der Waals surface area contributed by atoms with Crippen molar-refractivity contribution in [3.8, 4) is 17.6 Å². The van der Waals surface area contributed by atoms with Crippen molar-refractivity contribution in [2.45, 2.75) is 116 Å². The van der Waals surface area contributed by atoms with Crippen molar-refractivity contribution >= 4 is 27.7 Å². The van der Waals surface area contributed by atoms with Crippen LogP contribution in [0.1, 0.15) is 103 Å². The molecule has 0 fully saturated rings. The van der Waals surface area contributed by atoms with E-state index < -0.39 is 45.2 Å². The van der Waals surface area contributed by atoms with Crippen molar-refractivity contribution in [1.29, 1.82) is 0 Å². The number of unbranched alkanes of at least 4 members (excludes halogenated alkanes) is 8. The van der Waals surface area contributed by atoms with E-state index in [2.05, 4.69) is 24.1 Å². The van der Waals surface area contributed by atoms with Crippen LogP contribution in [-0.2, 0) is 35.4 Å². The van der Waals surface area contributed by atoms with Gasteiger partial charge in [0.2, 0.25) is 5.91 Å². The fourth-order valence-corrected chi connectivity index (χ4v) is 6.68. The molecule has 0 unspecified atom stereocenters. The third-order valence-corrected chi connectivity index (χ3v) is 9.74. The van der Waals surface area contributed by atoms with E-state index in [9.17, 15) is 33.0 Å². The Labute approximate surface area is 281 Å². The number of aliphatic hydroxyl groups is 1. The third kappa shape index (κ3) is 16.3. The average Bonchev–Trinajstić information content (AvgIpc) is 3.04. The molecule has 0 saturated heterocycles. The zero-order valence-electron chi connectivity index (χ0n) is 28.6. The van der Waals surface area contributed by atoms with E-state index in [1.54, 1.807) is 44.2 Å². The molecule has 0 spiro atoms. The summed E-state index contributed by atoms with van der Waals surface area (Å²) in [4.78, 5) is 38.4. The first-order valence-corrected chi connectivity index (χ1v) is 18.6. The second-order valence-corrected chi connectivity index (χ2v) is 14.1. The van der Waals surface area contributed by atoms with Gasteiger partial charge in [-0.15, -0.1) is 5.92 Å². The Morgan fingerprint density at radius 1 is 0.957 bits per heavy atom. The van der Waals surface area contributed by atoms with Crippen LogP contribution < -0.4 is 10.1 Å². The molecule has 0 radical (unpaired) electrons. The van der Waals surface area contributed by atoms with Gasteiger partial charge in [0.05, 0.1) is 24.5 Å². The Bertz CT molecular complexity index is 1280. The molecule has 3 N–H and O–H groups in total. The Morgan fingerprint density at radius 2 is 1.57 bits per heavy atom. The highest BCUT2D eigenvalue weighted by Crippen LogP contribution is 2.27. The lowest BCUT2D eigenvalue weighted by Crippen LogP contribution is -2.54. The van der Waals surface area contributed by atoms with Crippen LogP contribution in [0.15, 0.2) is 36.4 Å². The standard InChI is InChI=1S/C36H55NO9S/c1-5-8-10-14-17-26-47(43,44)27-18-15-12-11-13-16-19-31(36(42,24-7-3)35(40)41)33(38)37-32(34(39)45-4)28-29-20-22-30(23-21-29)46-25-9-6-2/h16,19-23,31-32,42H,5,7-8,10-15,17-18,24-28H2,1-4H3,(H,37,38)(H,40,41)/t31-,32+,36+/m1/s1. The highest BCUT2D eigenvalue weighted by Gasteiger charge is 2.46. The van der Waals surface area contributed by atoms with E-state index >= 15 is 0 Å². The number of carbonyl (C=O) groups excluding carboxylic acids is 2. The molecule has 264 valence electrons. The van der Waals surface area contributed by atoms with Gasteiger partial charge in [0, 0.05) is 6.42 Å². The highest BCUT2D eigenvalue weighted by molar-refractivity contribution is 7.91. The first-order valence-electron chi connectivity index (χ1n) is 16.8. The number of carboxylic acids is 1. The number of aliphatic carboxylic acids is 1. The molecule has 47 heavy (non-hydrogen) atoms. The van der Waals surface area contributed by atoms with Crippen LogP contribution in [0.25, 0.3) is 0 Å². The summed E-state index contributed by atoms with van der Waals surface area (Å²) in [7, 11) is -1.85. The second-order valence-electron chi connectivity index (χ2n) is 11.8. The lowest BCUT2D eigenvalue weighted by molar-refractivity contribution is -0.167. The molecule has 1 aromatic rings. The van der Waals surface area contributed by atoms with Gasteiger partial charge >= 0.3 is 11.9 Å². The van der Waals surface area contributed by atoms with Gasteiger partial charge in [-0.2, -0.15) is 0 Å². The molecule has 0 saturated carbocycles. The zero-order valence-corrected chi connectivity index (χ0v) is 29.4. The highest BCUT2D eigenvalue weighted by atomic mass is 32.2. The summed E-state index contributed by atoms with van der Waals surface area (Å²) < 4.78 is 35.0. The average molecular weight is 678 g/mol. The topological polar surface area (TPSA) is 156 Å². The smallest absolute Gasteiger partial charge is 0.336 e. The first-order chi connectivity index (χ1) is 22.4. The van der Waals surface area contributed by atoms with Crippen molar-refractivity contribution in [3.63, 3.8) is 0 Å². The van der Waals surface area contributed by atoms with Crippen molar-refractivity contribution in [3.05, 3.63) is 42.0 Å². The van der Waals surface area contributed by atoms with E-state index in [1.807, 2.05) is 0 Å². The van der Waals surface area contributed by atoms with Gasteiger partial charge in [-0.05, 0) is 56.7 Å². The summed E-state index contributed by atoms with van der Waals surface area (Å²) in [6, 6.07) is 5.78. The number of benzene rings is 1. The van der Waals surface area contributed by atoms with Crippen LogP contribution in [0.5, 0.6) is 5.75 Å². The Balaban J connectivity index is 2.85. The summed E-state index contributed by atoms with van der Waals surface area (Å²) in [5.41, 5.74) is -1.69. The number of carboxylic acid groups (broad SMARTS) is 1. The van der Waals surface area contributed by atoms with Crippen molar-refractivity contribution < 1.29 is 42.5 Å². The lowest BCUT2D eigenvalue weighted by Gasteiger charge is -2.30. The summed E-state index contributed by atoms with van der Waals surface area (Å²) >= 11 is 0. The molecule has 10 nitrogen and oxygen atoms in total. The molecule has 0 aliphatic carbocycles. The van der Waals surface area contributed by atoms with Crippen LogP contribution in [0.2, 0.25) is 0 Å². The number of amides is 1. The van der Waals surface area contributed by atoms with E-state index in [0.717, 1.165) is 38.5 Å². The maximum Gasteiger partial charge on any atom is 0.336 e. The van der Waals surface area contributed by atoms with Crippen molar-refractivity contribution in [1.82, 2.24) is 5.32 Å². The molecule has 0 heterocycles. The maximum absolute atomic E-state index is 13.5.